The van der Waals surface area contributed by atoms with Gasteiger partial charge in [-0.3, -0.25) is 9.59 Å². The molecule has 0 atom stereocenters. The molecule has 0 aromatic rings. The molecule has 1 N–H and O–H groups in total. The molecule has 0 saturated carbocycles. The highest BCUT2D eigenvalue weighted by atomic mass is 16.6. The third-order valence-electron chi connectivity index (χ3n) is 2.12. The van der Waals surface area contributed by atoms with E-state index >= 15 is 0 Å². The first kappa shape index (κ1) is 16.6. The van der Waals surface area contributed by atoms with E-state index in [0.29, 0.717) is 6.42 Å². The van der Waals surface area contributed by atoms with Gasteiger partial charge < -0.3 is 9.84 Å². The van der Waals surface area contributed by atoms with Gasteiger partial charge in [0.05, 0.1) is 6.42 Å². The lowest BCUT2D eigenvalue weighted by Gasteiger charge is -2.31. The lowest BCUT2D eigenvalue weighted by atomic mass is 9.83. The van der Waals surface area contributed by atoms with Gasteiger partial charge in [-0.15, -0.1) is 0 Å². The number of Topliss-reactive ketones (excluding diaryl/α,β-unsaturated/α-hetero) is 1. The van der Waals surface area contributed by atoms with Crippen molar-refractivity contribution in [3.63, 3.8) is 0 Å². The van der Waals surface area contributed by atoms with Crippen molar-refractivity contribution in [2.75, 3.05) is 0 Å². The summed E-state index contributed by atoms with van der Waals surface area (Å²) in [6.07, 6.45) is -0.0641. The summed E-state index contributed by atoms with van der Waals surface area (Å²) in [5.74, 6) is -2.85. The van der Waals surface area contributed by atoms with E-state index in [4.69, 9.17) is 9.84 Å². The molecule has 0 unspecified atom stereocenters. The van der Waals surface area contributed by atoms with E-state index in [1.807, 2.05) is 20.8 Å². The van der Waals surface area contributed by atoms with Gasteiger partial charge in [0.1, 0.15) is 5.60 Å². The predicted octanol–water partition coefficient (Wildman–Crippen LogP) is 2.18. The minimum Gasteiger partial charge on any atom is -0.481 e. The smallest absolute Gasteiger partial charge is 0.375 e. The molecule has 5 nitrogen and oxygen atoms in total. The zero-order chi connectivity index (χ0) is 14.6. The molecule has 18 heavy (non-hydrogen) atoms. The molecular formula is C13H22O5. The van der Waals surface area contributed by atoms with Gasteiger partial charge in [0, 0.05) is 6.42 Å². The van der Waals surface area contributed by atoms with Crippen LogP contribution in [0, 0.1) is 5.41 Å². The number of esters is 1. The van der Waals surface area contributed by atoms with Crippen molar-refractivity contribution in [2.45, 2.75) is 59.5 Å². The van der Waals surface area contributed by atoms with Crippen molar-refractivity contribution >= 4 is 17.7 Å². The summed E-state index contributed by atoms with van der Waals surface area (Å²) >= 11 is 0. The van der Waals surface area contributed by atoms with E-state index in [1.165, 1.54) is 0 Å². The van der Waals surface area contributed by atoms with Gasteiger partial charge >= 0.3 is 11.9 Å². The van der Waals surface area contributed by atoms with Crippen molar-refractivity contribution in [1.29, 1.82) is 0 Å². The van der Waals surface area contributed by atoms with Crippen LogP contribution in [-0.2, 0) is 19.1 Å². The van der Waals surface area contributed by atoms with Crippen LogP contribution >= 0.6 is 0 Å². The average Bonchev–Trinajstić information content (AvgIpc) is 2.08. The van der Waals surface area contributed by atoms with E-state index in [-0.39, 0.29) is 18.3 Å². The van der Waals surface area contributed by atoms with Gasteiger partial charge in [-0.25, -0.2) is 4.79 Å². The van der Waals surface area contributed by atoms with Crippen molar-refractivity contribution in [3.8, 4) is 0 Å². The van der Waals surface area contributed by atoms with Crippen molar-refractivity contribution in [3.05, 3.63) is 0 Å². The Morgan fingerprint density at radius 2 is 1.50 bits per heavy atom. The van der Waals surface area contributed by atoms with Crippen molar-refractivity contribution in [1.82, 2.24) is 0 Å². The van der Waals surface area contributed by atoms with Gasteiger partial charge in [0.15, 0.2) is 0 Å². The number of hydrogen-bond acceptors (Lipinski definition) is 4. The van der Waals surface area contributed by atoms with E-state index in [1.54, 1.807) is 13.8 Å². The molecule has 0 rings (SSSR count). The van der Waals surface area contributed by atoms with Crippen LogP contribution in [0.1, 0.15) is 53.9 Å². The number of carbonyl (C=O) groups excluding carboxylic acids is 2. The number of rotatable bonds is 6. The first-order valence-corrected chi connectivity index (χ1v) is 5.91. The molecular weight excluding hydrogens is 236 g/mol. The van der Waals surface area contributed by atoms with Gasteiger partial charge in [-0.2, -0.15) is 0 Å². The van der Waals surface area contributed by atoms with Crippen LogP contribution in [0.25, 0.3) is 0 Å². The van der Waals surface area contributed by atoms with Crippen LogP contribution in [-0.4, -0.2) is 28.4 Å². The molecule has 0 fully saturated rings. The SMILES string of the molecule is CC(C)(C)CC(C)(C)OC(=O)C(=O)CCC(=O)O. The number of aliphatic carboxylic acids is 1. The molecule has 0 spiro atoms. The highest BCUT2D eigenvalue weighted by molar-refractivity contribution is 6.33. The van der Waals surface area contributed by atoms with E-state index in [0.717, 1.165) is 0 Å². The molecule has 104 valence electrons. The predicted molar refractivity (Wildman–Crippen MR) is 66.1 cm³/mol. The maximum atomic E-state index is 11.5. The number of hydrogen-bond donors (Lipinski definition) is 1. The Bertz CT molecular complexity index is 336. The summed E-state index contributed by atoms with van der Waals surface area (Å²) in [4.78, 5) is 33.1. The van der Waals surface area contributed by atoms with Crippen LogP contribution in [0.3, 0.4) is 0 Å². The molecule has 0 saturated heterocycles. The second kappa shape index (κ2) is 5.98. The molecule has 0 amide bonds. The third-order valence-corrected chi connectivity index (χ3v) is 2.12. The Morgan fingerprint density at radius 3 is 1.89 bits per heavy atom. The second-order valence-electron chi connectivity index (χ2n) is 6.20. The summed E-state index contributed by atoms with van der Waals surface area (Å²) < 4.78 is 5.13. The topological polar surface area (TPSA) is 80.7 Å². The number of carbonyl (C=O) groups is 3. The molecule has 5 heteroatoms. The van der Waals surface area contributed by atoms with E-state index in [9.17, 15) is 14.4 Å². The quantitative estimate of drug-likeness (QED) is 0.583. The van der Waals surface area contributed by atoms with E-state index in [2.05, 4.69) is 0 Å². The second-order valence-corrected chi connectivity index (χ2v) is 6.20. The summed E-state index contributed by atoms with van der Waals surface area (Å²) in [6, 6.07) is 0. The molecule has 0 aromatic heterocycles. The standard InChI is InChI=1S/C13H22O5/c1-12(2,3)8-13(4,5)18-11(17)9(14)6-7-10(15)16/h6-8H2,1-5H3,(H,15,16). The highest BCUT2D eigenvalue weighted by Gasteiger charge is 2.31. The maximum absolute atomic E-state index is 11.5. The fraction of sp³-hybridized carbons (Fsp3) is 0.769. The first-order valence-electron chi connectivity index (χ1n) is 5.91. The van der Waals surface area contributed by atoms with Gasteiger partial charge in [-0.1, -0.05) is 20.8 Å². The summed E-state index contributed by atoms with van der Waals surface area (Å²) in [7, 11) is 0. The fourth-order valence-corrected chi connectivity index (χ4v) is 1.94. The molecule has 0 aliphatic carbocycles. The minimum atomic E-state index is -1.11. The summed E-state index contributed by atoms with van der Waals surface area (Å²) in [6.45, 7) is 9.50. The van der Waals surface area contributed by atoms with Crippen LogP contribution in [0.2, 0.25) is 0 Å². The van der Waals surface area contributed by atoms with E-state index < -0.39 is 23.3 Å². The van der Waals surface area contributed by atoms with Crippen molar-refractivity contribution in [2.24, 2.45) is 5.41 Å². The maximum Gasteiger partial charge on any atom is 0.375 e. The lowest BCUT2D eigenvalue weighted by molar-refractivity contribution is -0.165. The minimum absolute atomic E-state index is 0.0338. The average molecular weight is 258 g/mol. The van der Waals surface area contributed by atoms with Gasteiger partial charge in [0.25, 0.3) is 0 Å². The largest absolute Gasteiger partial charge is 0.481 e. The fourth-order valence-electron chi connectivity index (χ4n) is 1.94. The number of ether oxygens (including phenoxy) is 1. The number of ketones is 1. The van der Waals surface area contributed by atoms with Crippen LogP contribution in [0.5, 0.6) is 0 Å². The monoisotopic (exact) mass is 258 g/mol. The Morgan fingerprint density at radius 1 is 1.00 bits per heavy atom. The zero-order valence-corrected chi connectivity index (χ0v) is 11.7. The van der Waals surface area contributed by atoms with Gasteiger partial charge in [-0.05, 0) is 25.7 Å². The molecule has 0 aromatic carbocycles. The molecule has 0 bridgehead atoms. The Balaban J connectivity index is 4.37. The van der Waals surface area contributed by atoms with Crippen LogP contribution in [0.15, 0.2) is 0 Å². The van der Waals surface area contributed by atoms with Crippen LogP contribution < -0.4 is 0 Å². The molecule has 0 radical (unpaired) electrons. The molecule has 0 heterocycles. The van der Waals surface area contributed by atoms with Crippen molar-refractivity contribution < 1.29 is 24.2 Å². The number of carboxylic acids is 1. The normalized spacial score (nSPS) is 12.1. The van der Waals surface area contributed by atoms with Gasteiger partial charge in [0.2, 0.25) is 5.78 Å². The first-order chi connectivity index (χ1) is 7.93. The third kappa shape index (κ3) is 7.81. The Hall–Kier alpha value is -1.39. The summed E-state index contributed by atoms with van der Waals surface area (Å²) in [5, 5.41) is 8.43. The Labute approximate surface area is 108 Å². The Kier molecular flexibility index (Phi) is 5.52. The molecule has 0 aliphatic heterocycles. The zero-order valence-electron chi connectivity index (χ0n) is 11.7. The number of carboxylic acid groups (broad SMARTS) is 1. The summed E-state index contributed by atoms with van der Waals surface area (Å²) in [5.41, 5.74) is -0.776. The molecule has 0 aliphatic rings. The van der Waals surface area contributed by atoms with Crippen LogP contribution in [0.4, 0.5) is 0 Å². The highest BCUT2D eigenvalue weighted by Crippen LogP contribution is 2.29. The lowest BCUT2D eigenvalue weighted by Crippen LogP contribution is -2.35.